The summed E-state index contributed by atoms with van der Waals surface area (Å²) in [5.74, 6) is -2.61. The Balaban J connectivity index is 0. The first-order chi connectivity index (χ1) is 8.51. The highest BCUT2D eigenvalue weighted by Gasteiger charge is 2.10. The van der Waals surface area contributed by atoms with E-state index < -0.39 is 51.3 Å². The minimum absolute atomic E-state index is 0.610. The van der Waals surface area contributed by atoms with E-state index in [0.717, 1.165) is 0 Å². The predicted octanol–water partition coefficient (Wildman–Crippen LogP) is -3.17. The van der Waals surface area contributed by atoms with Crippen LogP contribution in [0.5, 0.6) is 0 Å². The maximum atomic E-state index is 10.4. The number of esters is 3. The average Bonchev–Trinajstić information content (AvgIpc) is 2.30. The molecule has 10 heteroatoms. The van der Waals surface area contributed by atoms with Crippen LogP contribution in [0.15, 0.2) is 0 Å². The van der Waals surface area contributed by atoms with Crippen molar-refractivity contribution in [1.29, 1.82) is 0 Å². The van der Waals surface area contributed by atoms with Crippen LogP contribution in [0, 0.1) is 0 Å². The van der Waals surface area contributed by atoms with Gasteiger partial charge in [-0.25, -0.2) is 4.79 Å². The van der Waals surface area contributed by atoms with Crippen LogP contribution in [-0.2, 0) is 28.6 Å². The van der Waals surface area contributed by atoms with E-state index in [9.17, 15) is 14.4 Å². The largest absolute Gasteiger partial charge is 0.438 e. The van der Waals surface area contributed by atoms with Crippen LogP contribution in [0.4, 0.5) is 0 Å². The van der Waals surface area contributed by atoms with Gasteiger partial charge in [0.05, 0.1) is 0 Å². The van der Waals surface area contributed by atoms with Crippen LogP contribution >= 0.6 is 0 Å². The molecule has 0 aliphatic heterocycles. The maximum Gasteiger partial charge on any atom is 0.333 e. The fourth-order valence-electron chi connectivity index (χ4n) is 0.482. The number of aliphatic hydroxyl groups excluding tert-OH is 4. The topological polar surface area (TPSA) is 160 Å². The van der Waals surface area contributed by atoms with E-state index in [2.05, 4.69) is 14.2 Å². The molecule has 0 aliphatic rings. The minimum atomic E-state index is -0.897. The van der Waals surface area contributed by atoms with Crippen molar-refractivity contribution in [1.82, 2.24) is 0 Å². The van der Waals surface area contributed by atoms with Gasteiger partial charge >= 0.3 is 17.9 Å². The Kier molecular flexibility index (Phi) is 13.8. The van der Waals surface area contributed by atoms with Gasteiger partial charge < -0.3 is 34.6 Å². The molecule has 4 N–H and O–H groups in total. The van der Waals surface area contributed by atoms with Crippen molar-refractivity contribution in [2.45, 2.75) is 6.42 Å². The predicted molar refractivity (Wildman–Crippen MR) is 51.2 cm³/mol. The van der Waals surface area contributed by atoms with Gasteiger partial charge in [-0.3, -0.25) is 9.59 Å². The molecular formula is C8H14O10. The number of carbonyl (C=O) groups is 3. The maximum absolute atomic E-state index is 10.4. The Morgan fingerprint density at radius 1 is 0.667 bits per heavy atom. The monoisotopic (exact) mass is 270 g/mol. The molecule has 0 bridgehead atoms. The molecule has 0 spiro atoms. The fourth-order valence-corrected chi connectivity index (χ4v) is 0.482. The van der Waals surface area contributed by atoms with Gasteiger partial charge in [-0.1, -0.05) is 0 Å². The summed E-state index contributed by atoms with van der Waals surface area (Å²) in [6.45, 7) is -2.89. The summed E-state index contributed by atoms with van der Waals surface area (Å²) in [5.41, 5.74) is 0. The SMILES string of the molecule is O=C(CC(=O)OCO)OCO.O=C(CO)OCO. The van der Waals surface area contributed by atoms with Crippen LogP contribution in [0.1, 0.15) is 6.42 Å². The van der Waals surface area contributed by atoms with Gasteiger partial charge in [-0.2, -0.15) is 0 Å². The number of hydrogen-bond acceptors (Lipinski definition) is 10. The molecule has 0 aromatic carbocycles. The summed E-state index contributed by atoms with van der Waals surface area (Å²) in [6, 6.07) is 0. The molecule has 10 nitrogen and oxygen atoms in total. The summed E-state index contributed by atoms with van der Waals surface area (Å²) in [6.07, 6.45) is -0.610. The van der Waals surface area contributed by atoms with Crippen molar-refractivity contribution < 1.29 is 49.0 Å². The average molecular weight is 270 g/mol. The molecule has 0 rings (SSSR count). The Morgan fingerprint density at radius 2 is 1.00 bits per heavy atom. The lowest BCUT2D eigenvalue weighted by molar-refractivity contribution is -0.163. The van der Waals surface area contributed by atoms with E-state index in [4.69, 9.17) is 20.4 Å². The van der Waals surface area contributed by atoms with Gasteiger partial charge in [-0.15, -0.1) is 0 Å². The molecule has 0 atom stereocenters. The first-order valence-corrected chi connectivity index (χ1v) is 4.42. The van der Waals surface area contributed by atoms with Crippen molar-refractivity contribution in [3.05, 3.63) is 0 Å². The molecular weight excluding hydrogens is 256 g/mol. The molecule has 0 heterocycles. The zero-order valence-corrected chi connectivity index (χ0v) is 9.27. The third-order valence-electron chi connectivity index (χ3n) is 1.09. The van der Waals surface area contributed by atoms with Gasteiger partial charge in [0.25, 0.3) is 0 Å². The van der Waals surface area contributed by atoms with Gasteiger partial charge in [0, 0.05) is 0 Å². The van der Waals surface area contributed by atoms with Crippen LogP contribution in [0.2, 0.25) is 0 Å². The van der Waals surface area contributed by atoms with Crippen molar-refractivity contribution >= 4 is 17.9 Å². The Morgan fingerprint density at radius 3 is 1.22 bits per heavy atom. The van der Waals surface area contributed by atoms with Crippen molar-refractivity contribution in [3.8, 4) is 0 Å². The summed E-state index contributed by atoms with van der Waals surface area (Å²) >= 11 is 0. The molecule has 0 fully saturated rings. The number of rotatable bonds is 6. The third-order valence-corrected chi connectivity index (χ3v) is 1.09. The van der Waals surface area contributed by atoms with E-state index in [1.54, 1.807) is 0 Å². The zero-order chi connectivity index (χ0) is 14.4. The fraction of sp³-hybridized carbons (Fsp3) is 0.625. The van der Waals surface area contributed by atoms with Crippen molar-refractivity contribution in [2.24, 2.45) is 0 Å². The van der Waals surface area contributed by atoms with Gasteiger partial charge in [0.15, 0.2) is 20.4 Å². The molecule has 18 heavy (non-hydrogen) atoms. The van der Waals surface area contributed by atoms with Gasteiger partial charge in [0.1, 0.15) is 13.0 Å². The van der Waals surface area contributed by atoms with E-state index in [1.807, 2.05) is 0 Å². The first-order valence-electron chi connectivity index (χ1n) is 4.42. The lowest BCUT2D eigenvalue weighted by Crippen LogP contribution is -2.14. The molecule has 0 saturated heterocycles. The van der Waals surface area contributed by atoms with Crippen LogP contribution < -0.4 is 0 Å². The Labute approximate surface area is 101 Å². The minimum Gasteiger partial charge on any atom is -0.438 e. The number of ether oxygens (including phenoxy) is 3. The quantitative estimate of drug-likeness (QED) is 0.168. The molecule has 106 valence electrons. The second-order valence-corrected chi connectivity index (χ2v) is 2.27. The van der Waals surface area contributed by atoms with Crippen molar-refractivity contribution in [2.75, 3.05) is 27.0 Å². The highest BCUT2D eigenvalue weighted by atomic mass is 16.6. The van der Waals surface area contributed by atoms with Gasteiger partial charge in [-0.05, 0) is 0 Å². The normalized spacial score (nSPS) is 8.67. The molecule has 0 aromatic heterocycles. The van der Waals surface area contributed by atoms with E-state index in [-0.39, 0.29) is 0 Å². The summed E-state index contributed by atoms with van der Waals surface area (Å²) in [7, 11) is 0. The lowest BCUT2D eigenvalue weighted by atomic mass is 10.4. The second kappa shape index (κ2) is 13.3. The van der Waals surface area contributed by atoms with Gasteiger partial charge in [0.2, 0.25) is 0 Å². The number of aliphatic hydroxyl groups is 4. The Hall–Kier alpha value is -1.75. The first kappa shape index (κ1) is 18.6. The van der Waals surface area contributed by atoms with E-state index >= 15 is 0 Å². The van der Waals surface area contributed by atoms with Crippen LogP contribution in [0.3, 0.4) is 0 Å². The molecule has 0 radical (unpaired) electrons. The highest BCUT2D eigenvalue weighted by Crippen LogP contribution is 1.88. The smallest absolute Gasteiger partial charge is 0.333 e. The Bertz CT molecular complexity index is 234. The molecule has 0 saturated carbocycles. The standard InChI is InChI=1S/C5H8O6.C3H6O4/c6-2-10-4(8)1-5(9)11-3-7;4-1-3(6)7-2-5/h6-7H,1-3H2;4-5H,1-2H2. The molecule has 0 aromatic rings. The van der Waals surface area contributed by atoms with E-state index in [1.165, 1.54) is 0 Å². The van der Waals surface area contributed by atoms with Crippen LogP contribution in [0.25, 0.3) is 0 Å². The zero-order valence-electron chi connectivity index (χ0n) is 9.27. The summed E-state index contributed by atoms with van der Waals surface area (Å²) in [4.78, 5) is 30.5. The third kappa shape index (κ3) is 14.2. The van der Waals surface area contributed by atoms with E-state index in [0.29, 0.717) is 0 Å². The molecule has 0 unspecified atom stereocenters. The summed E-state index contributed by atoms with van der Waals surface area (Å²) < 4.78 is 11.8. The second-order valence-electron chi connectivity index (χ2n) is 2.27. The highest BCUT2D eigenvalue weighted by molar-refractivity contribution is 5.91. The number of hydrogen-bond donors (Lipinski definition) is 4. The number of carbonyl (C=O) groups excluding carboxylic acids is 3. The van der Waals surface area contributed by atoms with Crippen LogP contribution in [-0.4, -0.2) is 65.3 Å². The summed E-state index contributed by atoms with van der Waals surface area (Å²) in [5, 5.41) is 31.8. The van der Waals surface area contributed by atoms with Crippen molar-refractivity contribution in [3.63, 3.8) is 0 Å². The lowest BCUT2D eigenvalue weighted by Gasteiger charge is -1.99. The molecule has 0 amide bonds. The molecule has 0 aliphatic carbocycles.